The van der Waals surface area contributed by atoms with Gasteiger partial charge in [0.15, 0.2) is 0 Å². The average molecular weight is 175 g/mol. The van der Waals surface area contributed by atoms with Gasteiger partial charge in [0.25, 0.3) is 0 Å². The zero-order valence-corrected chi connectivity index (χ0v) is 7.63. The van der Waals surface area contributed by atoms with E-state index in [1.54, 1.807) is 6.42 Å². The summed E-state index contributed by atoms with van der Waals surface area (Å²) in [5.41, 5.74) is 3.35. The van der Waals surface area contributed by atoms with Gasteiger partial charge >= 0.3 is 0 Å². The molecule has 0 aliphatic heterocycles. The van der Waals surface area contributed by atoms with Crippen LogP contribution in [-0.2, 0) is 6.42 Å². The molecule has 67 valence electrons. The molecular formula is C12H12F. The summed E-state index contributed by atoms with van der Waals surface area (Å²) in [6.07, 6.45) is 5.46. The van der Waals surface area contributed by atoms with Crippen LogP contribution >= 0.6 is 0 Å². The van der Waals surface area contributed by atoms with Gasteiger partial charge in [-0.15, -0.1) is 0 Å². The Hall–Kier alpha value is -1.11. The third-order valence-electron chi connectivity index (χ3n) is 2.35. The number of benzene rings is 1. The van der Waals surface area contributed by atoms with Crippen LogP contribution < -0.4 is 0 Å². The maximum absolute atomic E-state index is 13.1. The van der Waals surface area contributed by atoms with E-state index < -0.39 is 6.17 Å². The summed E-state index contributed by atoms with van der Waals surface area (Å²) in [6, 6.07) is 5.98. The molecule has 13 heavy (non-hydrogen) atoms. The fourth-order valence-corrected chi connectivity index (χ4v) is 1.80. The van der Waals surface area contributed by atoms with Crippen LogP contribution in [0.15, 0.2) is 24.3 Å². The standard InChI is InChI=1S/C12H12F/c1-2-4-9-5-3-6-10-7-11(13)8-12(9)10/h2-7,11H,8H2,1H3. The third-order valence-corrected chi connectivity index (χ3v) is 2.35. The lowest BCUT2D eigenvalue weighted by Gasteiger charge is -2.02. The molecule has 0 nitrogen and oxygen atoms in total. The molecule has 1 unspecified atom stereocenters. The van der Waals surface area contributed by atoms with Gasteiger partial charge in [-0.3, -0.25) is 0 Å². The van der Waals surface area contributed by atoms with Gasteiger partial charge in [-0.05, 0) is 23.6 Å². The summed E-state index contributed by atoms with van der Waals surface area (Å²) < 4.78 is 13.1. The van der Waals surface area contributed by atoms with Crippen molar-refractivity contribution in [1.29, 1.82) is 0 Å². The maximum Gasteiger partial charge on any atom is 0.112 e. The molecule has 0 fully saturated rings. The monoisotopic (exact) mass is 175 g/mol. The van der Waals surface area contributed by atoms with Crippen molar-refractivity contribution < 1.29 is 4.39 Å². The van der Waals surface area contributed by atoms with Crippen molar-refractivity contribution in [3.05, 3.63) is 47.4 Å². The van der Waals surface area contributed by atoms with Crippen molar-refractivity contribution in [2.24, 2.45) is 0 Å². The molecule has 0 amide bonds. The molecule has 0 heterocycles. The van der Waals surface area contributed by atoms with Gasteiger partial charge in [0, 0.05) is 12.8 Å². The molecule has 0 aromatic heterocycles. The largest absolute Gasteiger partial charge is 0.246 e. The minimum Gasteiger partial charge on any atom is -0.246 e. The lowest BCUT2D eigenvalue weighted by atomic mass is 10.0. The topological polar surface area (TPSA) is 0 Å². The molecule has 1 radical (unpaired) electrons. The Morgan fingerprint density at radius 1 is 1.46 bits per heavy atom. The molecule has 1 aliphatic rings. The number of fused-ring (bicyclic) bond motifs is 1. The van der Waals surface area contributed by atoms with Crippen molar-refractivity contribution in [1.82, 2.24) is 0 Å². The van der Waals surface area contributed by atoms with Crippen LogP contribution in [-0.4, -0.2) is 6.17 Å². The van der Waals surface area contributed by atoms with Crippen LogP contribution in [0.25, 0.3) is 6.08 Å². The van der Waals surface area contributed by atoms with E-state index in [1.165, 1.54) is 0 Å². The summed E-state index contributed by atoms with van der Waals surface area (Å²) in [4.78, 5) is 0. The van der Waals surface area contributed by atoms with Crippen molar-refractivity contribution in [3.8, 4) is 0 Å². The Labute approximate surface area is 78.1 Å². The van der Waals surface area contributed by atoms with Crippen LogP contribution in [0.5, 0.6) is 0 Å². The van der Waals surface area contributed by atoms with E-state index in [2.05, 4.69) is 0 Å². The first-order chi connectivity index (χ1) is 6.31. The summed E-state index contributed by atoms with van der Waals surface area (Å²) in [7, 11) is 0. The quantitative estimate of drug-likeness (QED) is 0.615. The average Bonchev–Trinajstić information content (AvgIpc) is 2.47. The van der Waals surface area contributed by atoms with Gasteiger partial charge in [-0.2, -0.15) is 0 Å². The van der Waals surface area contributed by atoms with Gasteiger partial charge in [0.1, 0.15) is 6.17 Å². The lowest BCUT2D eigenvalue weighted by Crippen LogP contribution is -1.94. The SMILES string of the molecule is CC=Cc1cccc2c1CC(F)[CH]2. The highest BCUT2D eigenvalue weighted by Gasteiger charge is 2.22. The Balaban J connectivity index is 2.45. The van der Waals surface area contributed by atoms with E-state index in [0.717, 1.165) is 16.7 Å². The van der Waals surface area contributed by atoms with Crippen molar-refractivity contribution in [3.63, 3.8) is 0 Å². The smallest absolute Gasteiger partial charge is 0.112 e. The van der Waals surface area contributed by atoms with Crippen molar-refractivity contribution >= 4 is 6.08 Å². The first-order valence-electron chi connectivity index (χ1n) is 4.55. The molecule has 2 rings (SSSR count). The molecule has 1 aromatic rings. The Kier molecular flexibility index (Phi) is 2.17. The molecule has 0 N–H and O–H groups in total. The maximum atomic E-state index is 13.1. The summed E-state index contributed by atoms with van der Waals surface area (Å²) >= 11 is 0. The van der Waals surface area contributed by atoms with Crippen molar-refractivity contribution in [2.45, 2.75) is 19.5 Å². The first-order valence-corrected chi connectivity index (χ1v) is 4.55. The molecule has 0 bridgehead atoms. The lowest BCUT2D eigenvalue weighted by molar-refractivity contribution is 0.394. The molecule has 1 aliphatic carbocycles. The Morgan fingerprint density at radius 2 is 2.31 bits per heavy atom. The highest BCUT2D eigenvalue weighted by Crippen LogP contribution is 2.29. The van der Waals surface area contributed by atoms with Gasteiger partial charge in [0.05, 0.1) is 0 Å². The predicted octanol–water partition coefficient (Wildman–Crippen LogP) is 3.17. The van der Waals surface area contributed by atoms with E-state index >= 15 is 0 Å². The predicted molar refractivity (Wildman–Crippen MR) is 53.2 cm³/mol. The molecule has 0 saturated carbocycles. The molecule has 1 aromatic carbocycles. The minimum atomic E-state index is -0.790. The molecule has 1 atom stereocenters. The summed E-state index contributed by atoms with van der Waals surface area (Å²) in [5, 5.41) is 0. The fourth-order valence-electron chi connectivity index (χ4n) is 1.80. The van der Waals surface area contributed by atoms with Crippen LogP contribution in [0, 0.1) is 6.42 Å². The van der Waals surface area contributed by atoms with Crippen LogP contribution in [0.2, 0.25) is 0 Å². The van der Waals surface area contributed by atoms with Gasteiger partial charge < -0.3 is 0 Å². The second kappa shape index (κ2) is 3.33. The Bertz CT molecular complexity index is 339. The van der Waals surface area contributed by atoms with E-state index in [0.29, 0.717) is 6.42 Å². The highest BCUT2D eigenvalue weighted by molar-refractivity contribution is 5.59. The zero-order chi connectivity index (χ0) is 9.26. The number of hydrogen-bond donors (Lipinski definition) is 0. The minimum absolute atomic E-state index is 0.538. The molecule has 1 heteroatoms. The third kappa shape index (κ3) is 1.51. The number of rotatable bonds is 1. The van der Waals surface area contributed by atoms with E-state index in [-0.39, 0.29) is 0 Å². The molecular weight excluding hydrogens is 163 g/mol. The number of alkyl halides is 1. The second-order valence-corrected chi connectivity index (χ2v) is 3.30. The normalized spacial score (nSPS) is 20.9. The first kappa shape index (κ1) is 8.49. The summed E-state index contributed by atoms with van der Waals surface area (Å²) in [6.45, 7) is 1.98. The van der Waals surface area contributed by atoms with Gasteiger partial charge in [0.2, 0.25) is 0 Å². The van der Waals surface area contributed by atoms with E-state index in [1.807, 2.05) is 37.3 Å². The van der Waals surface area contributed by atoms with Crippen molar-refractivity contribution in [2.75, 3.05) is 0 Å². The Morgan fingerprint density at radius 3 is 3.08 bits per heavy atom. The van der Waals surface area contributed by atoms with Crippen LogP contribution in [0.1, 0.15) is 23.6 Å². The molecule has 0 spiro atoms. The van der Waals surface area contributed by atoms with Gasteiger partial charge in [-0.25, -0.2) is 4.39 Å². The fraction of sp³-hybridized carbons (Fsp3) is 0.250. The highest BCUT2D eigenvalue weighted by atomic mass is 19.1. The van der Waals surface area contributed by atoms with E-state index in [9.17, 15) is 4.39 Å². The zero-order valence-electron chi connectivity index (χ0n) is 7.63. The number of hydrogen-bond acceptors (Lipinski definition) is 0. The number of halogens is 1. The number of allylic oxidation sites excluding steroid dienone is 1. The van der Waals surface area contributed by atoms with E-state index in [4.69, 9.17) is 0 Å². The van der Waals surface area contributed by atoms with Crippen LogP contribution in [0.3, 0.4) is 0 Å². The second-order valence-electron chi connectivity index (χ2n) is 3.30. The van der Waals surface area contributed by atoms with Crippen LogP contribution in [0.4, 0.5) is 4.39 Å². The molecule has 0 saturated heterocycles. The summed E-state index contributed by atoms with van der Waals surface area (Å²) in [5.74, 6) is 0. The van der Waals surface area contributed by atoms with Gasteiger partial charge in [-0.1, -0.05) is 30.4 Å².